The van der Waals surface area contributed by atoms with Crippen molar-refractivity contribution in [2.75, 3.05) is 18.6 Å². The molecule has 0 saturated heterocycles. The molecule has 0 saturated carbocycles. The van der Waals surface area contributed by atoms with Gasteiger partial charge in [0, 0.05) is 12.0 Å². The van der Waals surface area contributed by atoms with E-state index in [9.17, 15) is 13.2 Å². The number of allylic oxidation sites excluding steroid dienone is 1. The molecule has 5 nitrogen and oxygen atoms in total. The molecule has 0 spiro atoms. The number of benzene rings is 1. The van der Waals surface area contributed by atoms with Crippen molar-refractivity contribution < 1.29 is 13.2 Å². The molecule has 1 aromatic rings. The summed E-state index contributed by atoms with van der Waals surface area (Å²) in [5, 5.41) is 4.01. The number of hydrogen-bond acceptors (Lipinski definition) is 4. The smallest absolute Gasteiger partial charge is 0.238 e. The lowest BCUT2D eigenvalue weighted by atomic mass is 9.97. The first-order valence-corrected chi connectivity index (χ1v) is 12.6. The van der Waals surface area contributed by atoms with Crippen LogP contribution in [0.2, 0.25) is 0 Å². The van der Waals surface area contributed by atoms with Crippen molar-refractivity contribution in [1.29, 1.82) is 0 Å². The summed E-state index contributed by atoms with van der Waals surface area (Å²) >= 11 is 1.59. The van der Waals surface area contributed by atoms with Gasteiger partial charge in [-0.2, -0.15) is 16.5 Å². The molecule has 0 fully saturated rings. The van der Waals surface area contributed by atoms with E-state index in [1.54, 1.807) is 11.8 Å². The van der Waals surface area contributed by atoms with Gasteiger partial charge in [0.05, 0.1) is 0 Å². The maximum absolute atomic E-state index is 12.6. The van der Waals surface area contributed by atoms with E-state index in [2.05, 4.69) is 16.1 Å². The molecule has 0 bridgehead atoms. The lowest BCUT2D eigenvalue weighted by molar-refractivity contribution is -0.122. The van der Waals surface area contributed by atoms with E-state index in [1.807, 2.05) is 36.6 Å². The number of rotatable bonds is 11. The van der Waals surface area contributed by atoms with Gasteiger partial charge in [0.15, 0.2) is 0 Å². The highest BCUT2D eigenvalue weighted by molar-refractivity contribution is 7.98. The molecule has 0 radical (unpaired) electrons. The minimum atomic E-state index is -3.71. The van der Waals surface area contributed by atoms with Crippen molar-refractivity contribution in [3.8, 4) is 0 Å². The van der Waals surface area contributed by atoms with Gasteiger partial charge in [-0.05, 0) is 62.2 Å². The summed E-state index contributed by atoms with van der Waals surface area (Å²) in [6.45, 7) is 0.544. The van der Waals surface area contributed by atoms with Gasteiger partial charge < -0.3 is 5.32 Å². The van der Waals surface area contributed by atoms with E-state index in [1.165, 1.54) is 24.5 Å². The summed E-state index contributed by atoms with van der Waals surface area (Å²) < 4.78 is 27.4. The Bertz CT molecular complexity index is 774. The molecule has 1 amide bonds. The fraction of sp³-hybridized carbons (Fsp3) is 0.476. The highest BCUT2D eigenvalue weighted by Crippen LogP contribution is 2.19. The topological polar surface area (TPSA) is 75.3 Å². The third-order valence-electron chi connectivity index (χ3n) is 4.60. The second-order valence-electron chi connectivity index (χ2n) is 6.86. The van der Waals surface area contributed by atoms with Gasteiger partial charge in [0.25, 0.3) is 0 Å². The van der Waals surface area contributed by atoms with E-state index in [-0.39, 0.29) is 5.91 Å². The normalized spacial score (nSPS) is 16.0. The first-order chi connectivity index (χ1) is 13.5. The van der Waals surface area contributed by atoms with Crippen LogP contribution in [0.25, 0.3) is 6.08 Å². The van der Waals surface area contributed by atoms with Crippen LogP contribution in [-0.4, -0.2) is 38.9 Å². The Morgan fingerprint density at radius 3 is 2.71 bits per heavy atom. The molecule has 7 heteroatoms. The molecule has 154 valence electrons. The highest BCUT2D eigenvalue weighted by atomic mass is 32.2. The summed E-state index contributed by atoms with van der Waals surface area (Å²) in [5.74, 6) is 0.441. The Labute approximate surface area is 173 Å². The van der Waals surface area contributed by atoms with Crippen LogP contribution in [-0.2, 0) is 14.8 Å². The third-order valence-corrected chi connectivity index (χ3v) is 6.35. The van der Waals surface area contributed by atoms with Crippen LogP contribution >= 0.6 is 11.8 Å². The minimum Gasteiger partial charge on any atom is -0.354 e. The van der Waals surface area contributed by atoms with Gasteiger partial charge in [-0.15, -0.1) is 0 Å². The Morgan fingerprint density at radius 2 is 2.04 bits per heavy atom. The second-order valence-corrected chi connectivity index (χ2v) is 9.44. The highest BCUT2D eigenvalue weighted by Gasteiger charge is 2.22. The minimum absolute atomic E-state index is 0.262. The number of nitrogens with one attached hydrogen (secondary N) is 2. The van der Waals surface area contributed by atoms with E-state index in [0.29, 0.717) is 18.7 Å². The molecular formula is C21H30N2O3S2. The van der Waals surface area contributed by atoms with Gasteiger partial charge in [-0.3, -0.25) is 4.79 Å². The predicted octanol–water partition coefficient (Wildman–Crippen LogP) is 3.71. The molecule has 28 heavy (non-hydrogen) atoms. The Morgan fingerprint density at radius 1 is 1.25 bits per heavy atom. The largest absolute Gasteiger partial charge is 0.354 e. The van der Waals surface area contributed by atoms with Crippen molar-refractivity contribution in [3.05, 3.63) is 53.0 Å². The van der Waals surface area contributed by atoms with Crippen molar-refractivity contribution >= 4 is 33.8 Å². The van der Waals surface area contributed by atoms with E-state index >= 15 is 0 Å². The maximum Gasteiger partial charge on any atom is 0.238 e. The van der Waals surface area contributed by atoms with Crippen LogP contribution in [0.3, 0.4) is 0 Å². The quantitative estimate of drug-likeness (QED) is 0.533. The molecule has 1 aromatic carbocycles. The average molecular weight is 423 g/mol. The summed E-state index contributed by atoms with van der Waals surface area (Å²) in [4.78, 5) is 12.6. The molecule has 1 aliphatic carbocycles. The van der Waals surface area contributed by atoms with Gasteiger partial charge in [-0.1, -0.05) is 42.0 Å². The summed E-state index contributed by atoms with van der Waals surface area (Å²) in [5.41, 5.74) is 2.18. The van der Waals surface area contributed by atoms with Gasteiger partial charge >= 0.3 is 0 Å². The molecule has 0 heterocycles. The molecule has 1 aliphatic rings. The summed E-state index contributed by atoms with van der Waals surface area (Å²) in [6.07, 6.45) is 11.7. The number of hydrogen-bond donors (Lipinski definition) is 2. The Balaban J connectivity index is 1.92. The molecule has 2 N–H and O–H groups in total. The molecule has 2 rings (SSSR count). The van der Waals surface area contributed by atoms with E-state index in [0.717, 1.165) is 30.2 Å². The number of carbonyl (C=O) groups is 1. The molecule has 1 atom stereocenters. The van der Waals surface area contributed by atoms with Crippen molar-refractivity contribution in [3.63, 3.8) is 0 Å². The SMILES string of the molecule is CSCCC(NS(=O)(=O)C=Cc1ccccc1)C(=O)NCCC1=CCCCC1. The Hall–Kier alpha value is -1.57. The van der Waals surface area contributed by atoms with Gasteiger partial charge in [-0.25, -0.2) is 8.42 Å². The van der Waals surface area contributed by atoms with Gasteiger partial charge in [0.1, 0.15) is 6.04 Å². The van der Waals surface area contributed by atoms with Crippen LogP contribution in [0, 0.1) is 0 Å². The first kappa shape index (κ1) is 22.7. The molecular weight excluding hydrogens is 392 g/mol. The van der Waals surface area contributed by atoms with Crippen molar-refractivity contribution in [2.24, 2.45) is 0 Å². The summed E-state index contributed by atoms with van der Waals surface area (Å²) in [7, 11) is -3.71. The maximum atomic E-state index is 12.6. The Kier molecular flexibility index (Phi) is 9.81. The zero-order valence-corrected chi connectivity index (χ0v) is 18.0. The van der Waals surface area contributed by atoms with Gasteiger partial charge in [0.2, 0.25) is 15.9 Å². The lowest BCUT2D eigenvalue weighted by Crippen LogP contribution is -2.46. The molecule has 0 aliphatic heterocycles. The molecule has 1 unspecified atom stereocenters. The van der Waals surface area contributed by atoms with Crippen LogP contribution in [0.1, 0.15) is 44.1 Å². The van der Waals surface area contributed by atoms with Crippen LogP contribution in [0.5, 0.6) is 0 Å². The van der Waals surface area contributed by atoms with Crippen molar-refractivity contribution in [1.82, 2.24) is 10.0 Å². The summed E-state index contributed by atoms with van der Waals surface area (Å²) in [6, 6.07) is 8.44. The number of sulfonamides is 1. The standard InChI is InChI=1S/C21H30N2O3S2/c1-27-16-13-20(21(24)22-15-12-18-8-4-2-5-9-18)23-28(25,26)17-14-19-10-6-3-7-11-19/h3,6-8,10-11,14,17,20,23H,2,4-5,9,12-13,15-16H2,1H3,(H,22,24). The van der Waals surface area contributed by atoms with Crippen LogP contribution < -0.4 is 10.0 Å². The van der Waals surface area contributed by atoms with E-state index < -0.39 is 16.1 Å². The fourth-order valence-corrected chi connectivity index (χ4v) is 4.56. The zero-order valence-electron chi connectivity index (χ0n) is 16.4. The number of amides is 1. The number of carbonyl (C=O) groups excluding carboxylic acids is 1. The van der Waals surface area contributed by atoms with Crippen LogP contribution in [0.4, 0.5) is 0 Å². The second kappa shape index (κ2) is 12.1. The average Bonchev–Trinajstić information content (AvgIpc) is 2.71. The lowest BCUT2D eigenvalue weighted by Gasteiger charge is -2.18. The first-order valence-electron chi connectivity index (χ1n) is 9.70. The monoisotopic (exact) mass is 422 g/mol. The third kappa shape index (κ3) is 8.63. The van der Waals surface area contributed by atoms with Crippen LogP contribution in [0.15, 0.2) is 47.4 Å². The number of thioether (sulfide) groups is 1. The predicted molar refractivity (Wildman–Crippen MR) is 118 cm³/mol. The molecule has 0 aromatic heterocycles. The fourth-order valence-electron chi connectivity index (χ4n) is 3.05. The van der Waals surface area contributed by atoms with Crippen molar-refractivity contribution in [2.45, 2.75) is 44.6 Å². The van der Waals surface area contributed by atoms with E-state index in [4.69, 9.17) is 0 Å². The zero-order chi connectivity index (χ0) is 20.2.